The Morgan fingerprint density at radius 1 is 1.00 bits per heavy atom. The molecule has 0 aliphatic carbocycles. The first-order chi connectivity index (χ1) is 12.6. The van der Waals surface area contributed by atoms with E-state index in [1.165, 1.54) is 5.56 Å². The van der Waals surface area contributed by atoms with Gasteiger partial charge in [0.05, 0.1) is 6.61 Å². The fourth-order valence-corrected chi connectivity index (χ4v) is 2.82. The highest BCUT2D eigenvalue weighted by Crippen LogP contribution is 2.21. The Balaban J connectivity index is 1.46. The first-order valence-corrected chi connectivity index (χ1v) is 8.51. The molecule has 0 bridgehead atoms. The van der Waals surface area contributed by atoms with Crippen molar-refractivity contribution in [2.75, 3.05) is 13.2 Å². The molecule has 6 nitrogen and oxygen atoms in total. The number of carbonyl (C=O) groups is 3. The first kappa shape index (κ1) is 17.7. The summed E-state index contributed by atoms with van der Waals surface area (Å²) in [5.41, 5.74) is 1.85. The van der Waals surface area contributed by atoms with Gasteiger partial charge in [-0.3, -0.25) is 14.5 Å². The maximum Gasteiger partial charge on any atom is 0.326 e. The summed E-state index contributed by atoms with van der Waals surface area (Å²) in [6.07, 6.45) is 1.48. The highest BCUT2D eigenvalue weighted by molar-refractivity contribution is 6.06. The van der Waals surface area contributed by atoms with Gasteiger partial charge >= 0.3 is 12.0 Å². The molecule has 1 unspecified atom stereocenters. The van der Waals surface area contributed by atoms with Crippen LogP contribution in [0.25, 0.3) is 0 Å². The summed E-state index contributed by atoms with van der Waals surface area (Å²) in [5, 5.41) is 2.59. The molecule has 1 heterocycles. The van der Waals surface area contributed by atoms with Crippen molar-refractivity contribution >= 4 is 17.9 Å². The van der Waals surface area contributed by atoms with Gasteiger partial charge in [-0.1, -0.05) is 60.7 Å². The smallest absolute Gasteiger partial charge is 0.326 e. The summed E-state index contributed by atoms with van der Waals surface area (Å²) < 4.78 is 5.15. The summed E-state index contributed by atoms with van der Waals surface area (Å²) in [7, 11) is 0. The average Bonchev–Trinajstić information content (AvgIpc) is 2.95. The molecule has 6 heteroatoms. The van der Waals surface area contributed by atoms with Crippen LogP contribution in [0.3, 0.4) is 0 Å². The zero-order chi connectivity index (χ0) is 18.4. The van der Waals surface area contributed by atoms with Gasteiger partial charge in [0.15, 0.2) is 0 Å². The third-order valence-electron chi connectivity index (χ3n) is 4.16. The maximum absolute atomic E-state index is 12.4. The Kier molecular flexibility index (Phi) is 5.63. The van der Waals surface area contributed by atoms with Crippen LogP contribution in [-0.2, 0) is 20.7 Å². The molecule has 1 saturated heterocycles. The lowest BCUT2D eigenvalue weighted by Crippen LogP contribution is -2.36. The van der Waals surface area contributed by atoms with Crippen LogP contribution >= 0.6 is 0 Å². The van der Waals surface area contributed by atoms with Crippen LogP contribution in [0, 0.1) is 0 Å². The zero-order valence-corrected chi connectivity index (χ0v) is 14.3. The molecule has 0 saturated carbocycles. The molecular weight excluding hydrogens is 332 g/mol. The quantitative estimate of drug-likeness (QED) is 0.472. The number of carbonyl (C=O) groups excluding carboxylic acids is 3. The average molecular weight is 352 g/mol. The first-order valence-electron chi connectivity index (χ1n) is 8.51. The largest absolute Gasteiger partial charge is 0.464 e. The van der Waals surface area contributed by atoms with E-state index in [2.05, 4.69) is 5.32 Å². The van der Waals surface area contributed by atoms with E-state index in [0.717, 1.165) is 11.3 Å². The normalized spacial score (nSPS) is 16.5. The van der Waals surface area contributed by atoms with Gasteiger partial charge < -0.3 is 10.1 Å². The van der Waals surface area contributed by atoms with Gasteiger partial charge in [0.1, 0.15) is 12.6 Å². The second-order valence-electron chi connectivity index (χ2n) is 6.03. The maximum atomic E-state index is 12.4. The number of hydrogen-bond donors (Lipinski definition) is 1. The number of nitrogens with one attached hydrogen (secondary N) is 1. The van der Waals surface area contributed by atoms with Crippen molar-refractivity contribution in [2.24, 2.45) is 0 Å². The molecule has 2 aromatic rings. The molecule has 0 spiro atoms. The van der Waals surface area contributed by atoms with E-state index < -0.39 is 23.9 Å². The van der Waals surface area contributed by atoms with Crippen LogP contribution in [0.1, 0.15) is 23.6 Å². The molecule has 2 aromatic carbocycles. The Hall–Kier alpha value is -3.15. The molecule has 1 atom stereocenters. The number of benzene rings is 2. The Morgan fingerprint density at radius 2 is 1.65 bits per heavy atom. The molecule has 0 aromatic heterocycles. The zero-order valence-electron chi connectivity index (χ0n) is 14.3. The van der Waals surface area contributed by atoms with Gasteiger partial charge in [0.25, 0.3) is 5.91 Å². The van der Waals surface area contributed by atoms with Crippen LogP contribution < -0.4 is 5.32 Å². The van der Waals surface area contributed by atoms with Crippen LogP contribution in [0.5, 0.6) is 0 Å². The fraction of sp³-hybridized carbons (Fsp3) is 0.250. The minimum absolute atomic E-state index is 0.249. The Labute approximate surface area is 151 Å². The third kappa shape index (κ3) is 4.27. The molecule has 26 heavy (non-hydrogen) atoms. The van der Waals surface area contributed by atoms with E-state index in [4.69, 9.17) is 4.74 Å². The number of nitrogens with zero attached hydrogens (tertiary/aromatic N) is 1. The molecule has 3 amide bonds. The fourth-order valence-electron chi connectivity index (χ4n) is 2.82. The van der Waals surface area contributed by atoms with Crippen LogP contribution in [0.2, 0.25) is 0 Å². The van der Waals surface area contributed by atoms with Crippen LogP contribution in [0.15, 0.2) is 60.7 Å². The number of hydrogen-bond acceptors (Lipinski definition) is 4. The summed E-state index contributed by atoms with van der Waals surface area (Å²) in [6, 6.07) is 17.5. The van der Waals surface area contributed by atoms with E-state index >= 15 is 0 Å². The molecule has 134 valence electrons. The van der Waals surface area contributed by atoms with Gasteiger partial charge in [-0.15, -0.1) is 0 Å². The third-order valence-corrected chi connectivity index (χ3v) is 4.16. The van der Waals surface area contributed by atoms with Crippen LogP contribution in [0.4, 0.5) is 4.79 Å². The standard InChI is InChI=1S/C20H20N2O4/c23-17(26-13-7-10-15-8-3-1-4-9-15)14-22-19(24)18(21-20(22)25)16-11-5-2-6-12-16/h1-6,8-9,11-12,18H,7,10,13-14H2,(H,21,25). The van der Waals surface area contributed by atoms with Crippen molar-refractivity contribution in [1.29, 1.82) is 0 Å². The number of amides is 3. The number of ether oxygens (including phenoxy) is 1. The lowest BCUT2D eigenvalue weighted by atomic mass is 10.1. The van der Waals surface area contributed by atoms with Gasteiger partial charge in [0.2, 0.25) is 0 Å². The van der Waals surface area contributed by atoms with E-state index in [9.17, 15) is 14.4 Å². The monoisotopic (exact) mass is 352 g/mol. The van der Waals surface area contributed by atoms with Gasteiger partial charge in [-0.25, -0.2) is 4.79 Å². The van der Waals surface area contributed by atoms with Crippen molar-refractivity contribution in [1.82, 2.24) is 10.2 Å². The van der Waals surface area contributed by atoms with E-state index in [0.29, 0.717) is 12.0 Å². The van der Waals surface area contributed by atoms with E-state index in [-0.39, 0.29) is 13.2 Å². The summed E-state index contributed by atoms with van der Waals surface area (Å²) in [6.45, 7) is -0.126. The lowest BCUT2D eigenvalue weighted by molar-refractivity contribution is -0.147. The number of esters is 1. The number of imide groups is 1. The van der Waals surface area contributed by atoms with E-state index in [1.54, 1.807) is 24.3 Å². The number of rotatable bonds is 7. The summed E-state index contributed by atoms with van der Waals surface area (Å²) in [5.74, 6) is -1.03. The number of aryl methyl sites for hydroxylation is 1. The SMILES string of the molecule is O=C(CN1C(=O)NC(c2ccccc2)C1=O)OCCCc1ccccc1. The minimum Gasteiger partial charge on any atom is -0.464 e. The predicted molar refractivity (Wildman–Crippen MR) is 95.1 cm³/mol. The van der Waals surface area contributed by atoms with E-state index in [1.807, 2.05) is 36.4 Å². The highest BCUT2D eigenvalue weighted by Gasteiger charge is 2.40. The molecule has 1 aliphatic heterocycles. The lowest BCUT2D eigenvalue weighted by Gasteiger charge is -2.12. The van der Waals surface area contributed by atoms with Gasteiger partial charge in [-0.05, 0) is 24.0 Å². The minimum atomic E-state index is -0.755. The topological polar surface area (TPSA) is 75.7 Å². The van der Waals surface area contributed by atoms with Crippen LogP contribution in [-0.4, -0.2) is 36.0 Å². The molecule has 3 rings (SSSR count). The van der Waals surface area contributed by atoms with Gasteiger partial charge in [-0.2, -0.15) is 0 Å². The summed E-state index contributed by atoms with van der Waals surface area (Å²) >= 11 is 0. The van der Waals surface area contributed by atoms with Crippen molar-refractivity contribution in [3.05, 3.63) is 71.8 Å². The highest BCUT2D eigenvalue weighted by atomic mass is 16.5. The van der Waals surface area contributed by atoms with Crippen molar-refractivity contribution < 1.29 is 19.1 Å². The Bertz CT molecular complexity index is 777. The summed E-state index contributed by atoms with van der Waals surface area (Å²) in [4.78, 5) is 37.3. The number of urea groups is 1. The predicted octanol–water partition coefficient (Wildman–Crippen LogP) is 2.46. The second-order valence-corrected chi connectivity index (χ2v) is 6.03. The van der Waals surface area contributed by atoms with Crippen molar-refractivity contribution in [3.8, 4) is 0 Å². The molecule has 0 radical (unpaired) electrons. The molecule has 1 aliphatic rings. The molecule has 1 N–H and O–H groups in total. The molecule has 1 fully saturated rings. The molecular formula is C20H20N2O4. The van der Waals surface area contributed by atoms with Crippen molar-refractivity contribution in [3.63, 3.8) is 0 Å². The Morgan fingerprint density at radius 3 is 2.35 bits per heavy atom. The second kappa shape index (κ2) is 8.29. The van der Waals surface area contributed by atoms with Crippen molar-refractivity contribution in [2.45, 2.75) is 18.9 Å². The van der Waals surface area contributed by atoms with Gasteiger partial charge in [0, 0.05) is 0 Å².